The number of halogens is 1. The van der Waals surface area contributed by atoms with Gasteiger partial charge in [-0.1, -0.05) is 18.2 Å². The second-order valence-electron chi connectivity index (χ2n) is 7.23. The largest absolute Gasteiger partial charge is 0.349 e. The van der Waals surface area contributed by atoms with Crippen molar-refractivity contribution in [3.05, 3.63) is 58.9 Å². The second-order valence-corrected chi connectivity index (χ2v) is 7.23. The van der Waals surface area contributed by atoms with Crippen LogP contribution >= 0.6 is 0 Å². The van der Waals surface area contributed by atoms with E-state index in [1.165, 1.54) is 12.1 Å². The predicted molar refractivity (Wildman–Crippen MR) is 102 cm³/mol. The summed E-state index contributed by atoms with van der Waals surface area (Å²) in [4.78, 5) is 36.3. The Morgan fingerprint density at radius 2 is 1.86 bits per heavy atom. The first-order chi connectivity index (χ1) is 13.4. The van der Waals surface area contributed by atoms with E-state index in [4.69, 9.17) is 0 Å². The molecular weight excluding hydrogens is 361 g/mol. The zero-order valence-corrected chi connectivity index (χ0v) is 15.3. The second kappa shape index (κ2) is 7.07. The summed E-state index contributed by atoms with van der Waals surface area (Å²) in [6.07, 6.45) is 1.13. The molecular formula is C21H20FN3O3. The Morgan fingerprint density at radius 3 is 2.68 bits per heavy atom. The van der Waals surface area contributed by atoms with E-state index < -0.39 is 11.7 Å². The van der Waals surface area contributed by atoms with Crippen LogP contribution in [0.3, 0.4) is 0 Å². The molecule has 2 aliphatic heterocycles. The number of rotatable bonds is 3. The van der Waals surface area contributed by atoms with Gasteiger partial charge in [0.05, 0.1) is 12.0 Å². The Hall–Kier alpha value is -3.22. The van der Waals surface area contributed by atoms with Crippen LogP contribution in [0.15, 0.2) is 36.4 Å². The average molecular weight is 381 g/mol. The molecule has 0 saturated heterocycles. The third kappa shape index (κ3) is 3.47. The fourth-order valence-electron chi connectivity index (χ4n) is 3.74. The zero-order chi connectivity index (χ0) is 19.8. The molecule has 0 spiro atoms. The van der Waals surface area contributed by atoms with Gasteiger partial charge in [-0.15, -0.1) is 0 Å². The Balaban J connectivity index is 1.53. The van der Waals surface area contributed by atoms with E-state index in [1.807, 2.05) is 25.1 Å². The SMILES string of the molecule is CC(NC(=O)C1CC(=O)Nc2cc(F)ccc21)c1ccc2c(c1)CCC(=O)N2. The zero-order valence-electron chi connectivity index (χ0n) is 15.3. The molecule has 2 atom stereocenters. The highest BCUT2D eigenvalue weighted by Crippen LogP contribution is 2.33. The van der Waals surface area contributed by atoms with Crippen LogP contribution in [0.1, 0.15) is 48.4 Å². The predicted octanol–water partition coefficient (Wildman–Crippen LogP) is 3.01. The monoisotopic (exact) mass is 381 g/mol. The molecule has 4 rings (SSSR count). The molecule has 2 heterocycles. The number of nitrogens with one attached hydrogen (secondary N) is 3. The lowest BCUT2D eigenvalue weighted by molar-refractivity contribution is -0.126. The van der Waals surface area contributed by atoms with Crippen molar-refractivity contribution in [2.24, 2.45) is 0 Å². The van der Waals surface area contributed by atoms with Crippen molar-refractivity contribution in [3.63, 3.8) is 0 Å². The Bertz CT molecular complexity index is 989. The van der Waals surface area contributed by atoms with Crippen molar-refractivity contribution in [3.8, 4) is 0 Å². The third-order valence-electron chi connectivity index (χ3n) is 5.25. The minimum Gasteiger partial charge on any atom is -0.349 e. The van der Waals surface area contributed by atoms with Gasteiger partial charge in [0.15, 0.2) is 0 Å². The minimum absolute atomic E-state index is 0.00674. The number of hydrogen-bond acceptors (Lipinski definition) is 3. The molecule has 2 unspecified atom stereocenters. The Labute approximate surface area is 161 Å². The molecule has 0 aromatic heterocycles. The summed E-state index contributed by atoms with van der Waals surface area (Å²) in [5.74, 6) is -1.71. The van der Waals surface area contributed by atoms with E-state index >= 15 is 0 Å². The van der Waals surface area contributed by atoms with Gasteiger partial charge in [-0.2, -0.15) is 0 Å². The van der Waals surface area contributed by atoms with E-state index in [2.05, 4.69) is 16.0 Å². The van der Waals surface area contributed by atoms with Gasteiger partial charge >= 0.3 is 0 Å². The summed E-state index contributed by atoms with van der Waals surface area (Å²) in [5.41, 5.74) is 3.71. The Morgan fingerprint density at radius 1 is 1.07 bits per heavy atom. The molecule has 0 radical (unpaired) electrons. The highest BCUT2D eigenvalue weighted by molar-refractivity contribution is 6.01. The number of anilines is 2. The third-order valence-corrected chi connectivity index (χ3v) is 5.25. The van der Waals surface area contributed by atoms with Crippen molar-refractivity contribution in [2.45, 2.75) is 38.1 Å². The van der Waals surface area contributed by atoms with Gasteiger partial charge in [0.2, 0.25) is 17.7 Å². The average Bonchev–Trinajstić information content (AvgIpc) is 2.66. The van der Waals surface area contributed by atoms with Gasteiger partial charge in [0.25, 0.3) is 0 Å². The number of amides is 3. The number of fused-ring (bicyclic) bond motifs is 2. The van der Waals surface area contributed by atoms with Crippen molar-refractivity contribution in [2.75, 3.05) is 10.6 Å². The molecule has 0 aliphatic carbocycles. The number of carbonyl (C=O) groups is 3. The minimum atomic E-state index is -0.663. The fourth-order valence-corrected chi connectivity index (χ4v) is 3.74. The number of carbonyl (C=O) groups excluding carboxylic acids is 3. The molecule has 3 amide bonds. The van der Waals surface area contributed by atoms with Gasteiger partial charge in [-0.25, -0.2) is 4.39 Å². The first kappa shape index (κ1) is 18.2. The van der Waals surface area contributed by atoms with Gasteiger partial charge in [-0.05, 0) is 48.2 Å². The molecule has 0 saturated carbocycles. The topological polar surface area (TPSA) is 87.3 Å². The molecule has 144 valence electrons. The molecule has 7 heteroatoms. The quantitative estimate of drug-likeness (QED) is 0.764. The maximum Gasteiger partial charge on any atom is 0.228 e. The highest BCUT2D eigenvalue weighted by Gasteiger charge is 2.31. The fraction of sp³-hybridized carbons (Fsp3) is 0.286. The number of hydrogen-bond donors (Lipinski definition) is 3. The van der Waals surface area contributed by atoms with Crippen LogP contribution in [0.25, 0.3) is 0 Å². The summed E-state index contributed by atoms with van der Waals surface area (Å²) in [6, 6.07) is 9.48. The van der Waals surface area contributed by atoms with Crippen molar-refractivity contribution >= 4 is 29.1 Å². The van der Waals surface area contributed by atoms with Gasteiger partial charge < -0.3 is 16.0 Å². The first-order valence-corrected chi connectivity index (χ1v) is 9.23. The van der Waals surface area contributed by atoms with E-state index in [0.29, 0.717) is 24.1 Å². The van der Waals surface area contributed by atoms with Crippen LogP contribution in [0, 0.1) is 5.82 Å². The number of benzene rings is 2. The molecule has 6 nitrogen and oxygen atoms in total. The van der Waals surface area contributed by atoms with Crippen LogP contribution in [-0.2, 0) is 20.8 Å². The maximum atomic E-state index is 13.5. The van der Waals surface area contributed by atoms with Crippen LogP contribution < -0.4 is 16.0 Å². The van der Waals surface area contributed by atoms with Crippen molar-refractivity contribution in [1.29, 1.82) is 0 Å². The van der Waals surface area contributed by atoms with Crippen LogP contribution in [-0.4, -0.2) is 17.7 Å². The smallest absolute Gasteiger partial charge is 0.228 e. The lowest BCUT2D eigenvalue weighted by atomic mass is 9.89. The first-order valence-electron chi connectivity index (χ1n) is 9.23. The molecule has 0 fully saturated rings. The molecule has 2 aromatic carbocycles. The van der Waals surface area contributed by atoms with Crippen molar-refractivity contribution < 1.29 is 18.8 Å². The highest BCUT2D eigenvalue weighted by atomic mass is 19.1. The molecule has 28 heavy (non-hydrogen) atoms. The summed E-state index contributed by atoms with van der Waals surface area (Å²) < 4.78 is 13.5. The van der Waals surface area contributed by atoms with E-state index in [-0.39, 0.29) is 30.2 Å². The molecule has 2 aromatic rings. The van der Waals surface area contributed by atoms with Crippen LogP contribution in [0.4, 0.5) is 15.8 Å². The molecule has 0 bridgehead atoms. The van der Waals surface area contributed by atoms with E-state index in [9.17, 15) is 18.8 Å². The molecule has 2 aliphatic rings. The van der Waals surface area contributed by atoms with Crippen LogP contribution in [0.5, 0.6) is 0 Å². The Kier molecular flexibility index (Phi) is 4.58. The van der Waals surface area contributed by atoms with Gasteiger partial charge in [0.1, 0.15) is 5.82 Å². The van der Waals surface area contributed by atoms with Gasteiger partial charge in [-0.3, -0.25) is 14.4 Å². The summed E-state index contributed by atoms with van der Waals surface area (Å²) >= 11 is 0. The summed E-state index contributed by atoms with van der Waals surface area (Å²) in [6.45, 7) is 1.87. The summed E-state index contributed by atoms with van der Waals surface area (Å²) in [7, 11) is 0. The van der Waals surface area contributed by atoms with Gasteiger partial charge in [0, 0.05) is 24.2 Å². The van der Waals surface area contributed by atoms with E-state index in [1.54, 1.807) is 6.07 Å². The summed E-state index contributed by atoms with van der Waals surface area (Å²) in [5, 5.41) is 8.41. The lowest BCUT2D eigenvalue weighted by Crippen LogP contribution is -2.36. The van der Waals surface area contributed by atoms with E-state index in [0.717, 1.165) is 16.8 Å². The standard InChI is InChI=1S/C21H20FN3O3/c1-11(12-2-6-17-13(8-12)3-7-19(26)24-17)23-21(28)16-10-20(27)25-18-9-14(22)4-5-15(16)18/h2,4-6,8-9,11,16H,3,7,10H2,1H3,(H,23,28)(H,24,26)(H,25,27). The number of aryl methyl sites for hydroxylation is 1. The maximum absolute atomic E-state index is 13.5. The lowest BCUT2D eigenvalue weighted by Gasteiger charge is -2.27. The molecule has 3 N–H and O–H groups in total. The normalized spacial score (nSPS) is 19.0. The van der Waals surface area contributed by atoms with Crippen molar-refractivity contribution in [1.82, 2.24) is 5.32 Å². The van der Waals surface area contributed by atoms with Crippen LogP contribution in [0.2, 0.25) is 0 Å².